The Morgan fingerprint density at radius 1 is 1.18 bits per heavy atom. The largest absolute Gasteiger partial charge is 0.495 e. The Balaban J connectivity index is 1.95. The maximum absolute atomic E-state index is 5.94. The lowest BCUT2D eigenvalue weighted by molar-refractivity contribution is -0.0612. The number of hydrogen-bond donors (Lipinski definition) is 0. The first-order valence-corrected chi connectivity index (χ1v) is 6.69. The van der Waals surface area contributed by atoms with Crippen molar-refractivity contribution in [3.8, 4) is 0 Å². The van der Waals surface area contributed by atoms with E-state index in [9.17, 15) is 0 Å². The van der Waals surface area contributed by atoms with Crippen LogP contribution < -0.4 is 0 Å². The average molecular weight is 228 g/mol. The predicted molar refractivity (Wildman–Crippen MR) is 69.8 cm³/mol. The van der Waals surface area contributed by atoms with Crippen LogP contribution in [0, 0.1) is 5.92 Å². The van der Waals surface area contributed by atoms with Crippen molar-refractivity contribution in [1.82, 2.24) is 0 Å². The average Bonchev–Trinajstić information content (AvgIpc) is 2.38. The van der Waals surface area contributed by atoms with Gasteiger partial charge < -0.3 is 4.74 Å². The summed E-state index contributed by atoms with van der Waals surface area (Å²) in [4.78, 5) is 0. The summed E-state index contributed by atoms with van der Waals surface area (Å²) < 4.78 is 5.94. The molecule has 1 aromatic rings. The van der Waals surface area contributed by atoms with Crippen LogP contribution in [0.1, 0.15) is 44.1 Å². The molecule has 0 unspecified atom stereocenters. The molecule has 3 atom stereocenters. The van der Waals surface area contributed by atoms with Gasteiger partial charge in [-0.1, -0.05) is 36.8 Å². The number of ether oxygens (including phenoxy) is 1. The van der Waals surface area contributed by atoms with Crippen molar-refractivity contribution in [2.45, 2.75) is 44.1 Å². The van der Waals surface area contributed by atoms with E-state index in [1.54, 1.807) is 0 Å². The molecule has 90 valence electrons. The molecule has 1 fully saturated rings. The van der Waals surface area contributed by atoms with Crippen molar-refractivity contribution in [2.75, 3.05) is 0 Å². The van der Waals surface area contributed by atoms with Gasteiger partial charge in [0.2, 0.25) is 0 Å². The second-order valence-corrected chi connectivity index (χ2v) is 5.55. The van der Waals surface area contributed by atoms with Gasteiger partial charge in [0, 0.05) is 11.8 Å². The number of fused-ring (bicyclic) bond motifs is 1. The molecule has 0 spiro atoms. The van der Waals surface area contributed by atoms with Crippen molar-refractivity contribution in [3.63, 3.8) is 0 Å². The van der Waals surface area contributed by atoms with Crippen LogP contribution in [0.3, 0.4) is 0 Å². The zero-order chi connectivity index (χ0) is 11.7. The van der Waals surface area contributed by atoms with E-state index in [-0.39, 0.29) is 5.60 Å². The Bertz CT molecular complexity index is 409. The highest BCUT2D eigenvalue weighted by molar-refractivity contribution is 5.27. The third-order valence-electron chi connectivity index (χ3n) is 4.46. The highest BCUT2D eigenvalue weighted by Gasteiger charge is 2.43. The molecular formula is C16H20O. The lowest BCUT2D eigenvalue weighted by Crippen LogP contribution is -2.44. The molecule has 1 aliphatic heterocycles. The Kier molecular flexibility index (Phi) is 2.70. The first-order chi connectivity index (χ1) is 8.30. The van der Waals surface area contributed by atoms with Crippen LogP contribution in [-0.2, 0) is 4.74 Å². The molecule has 0 aromatic heterocycles. The molecule has 1 heteroatoms. The maximum atomic E-state index is 5.94. The first-order valence-electron chi connectivity index (χ1n) is 6.69. The standard InChI is InChI=1S/C16H20O/c1-16-11-6-5-9-15(16)14(10-12-17-16)13-7-3-2-4-8-13/h2-4,7-8,10,12,14-15H,5-6,9,11H2,1H3/t14-,15-,16+/m0/s1. The normalized spacial score (nSPS) is 36.1. The van der Waals surface area contributed by atoms with Crippen LogP contribution >= 0.6 is 0 Å². The van der Waals surface area contributed by atoms with E-state index in [1.807, 2.05) is 6.26 Å². The van der Waals surface area contributed by atoms with Crippen molar-refractivity contribution in [3.05, 3.63) is 48.2 Å². The Labute approximate surface area is 103 Å². The third kappa shape index (κ3) is 1.88. The quantitative estimate of drug-likeness (QED) is 0.697. The smallest absolute Gasteiger partial charge is 0.109 e. The molecule has 3 rings (SSSR count). The van der Waals surface area contributed by atoms with E-state index < -0.39 is 0 Å². The van der Waals surface area contributed by atoms with Crippen LogP contribution in [0.2, 0.25) is 0 Å². The van der Waals surface area contributed by atoms with Gasteiger partial charge in [-0.05, 0) is 37.8 Å². The molecule has 1 aromatic carbocycles. The second-order valence-electron chi connectivity index (χ2n) is 5.55. The summed E-state index contributed by atoms with van der Waals surface area (Å²) in [6.45, 7) is 2.29. The van der Waals surface area contributed by atoms with E-state index in [4.69, 9.17) is 4.74 Å². The minimum Gasteiger partial charge on any atom is -0.495 e. The van der Waals surface area contributed by atoms with Gasteiger partial charge in [0.15, 0.2) is 0 Å². The molecule has 0 bridgehead atoms. The van der Waals surface area contributed by atoms with Gasteiger partial charge in [-0.15, -0.1) is 0 Å². The molecule has 17 heavy (non-hydrogen) atoms. The molecule has 1 heterocycles. The van der Waals surface area contributed by atoms with Gasteiger partial charge in [-0.25, -0.2) is 0 Å². The second kappa shape index (κ2) is 4.21. The fourth-order valence-corrected chi connectivity index (χ4v) is 3.47. The number of benzene rings is 1. The molecule has 0 amide bonds. The summed E-state index contributed by atoms with van der Waals surface area (Å²) in [5.41, 5.74) is 1.50. The summed E-state index contributed by atoms with van der Waals surface area (Å²) in [6, 6.07) is 10.9. The first kappa shape index (κ1) is 10.9. The van der Waals surface area contributed by atoms with Crippen LogP contribution in [0.15, 0.2) is 42.7 Å². The minimum absolute atomic E-state index is 0.0630. The fourth-order valence-electron chi connectivity index (χ4n) is 3.47. The van der Waals surface area contributed by atoms with Gasteiger partial charge in [-0.2, -0.15) is 0 Å². The molecule has 0 radical (unpaired) electrons. The van der Waals surface area contributed by atoms with Gasteiger partial charge in [0.05, 0.1) is 6.26 Å². The Morgan fingerprint density at radius 2 is 2.00 bits per heavy atom. The Hall–Kier alpha value is -1.24. The molecule has 1 saturated carbocycles. The maximum Gasteiger partial charge on any atom is 0.109 e. The van der Waals surface area contributed by atoms with Crippen molar-refractivity contribution in [1.29, 1.82) is 0 Å². The zero-order valence-electron chi connectivity index (χ0n) is 10.4. The molecule has 0 saturated heterocycles. The van der Waals surface area contributed by atoms with Crippen LogP contribution in [0.5, 0.6) is 0 Å². The van der Waals surface area contributed by atoms with Gasteiger partial charge >= 0.3 is 0 Å². The van der Waals surface area contributed by atoms with Crippen LogP contribution in [0.25, 0.3) is 0 Å². The molecule has 2 aliphatic rings. The van der Waals surface area contributed by atoms with E-state index >= 15 is 0 Å². The summed E-state index contributed by atoms with van der Waals surface area (Å²) in [7, 11) is 0. The topological polar surface area (TPSA) is 9.23 Å². The molecule has 0 N–H and O–H groups in total. The van der Waals surface area contributed by atoms with Crippen molar-refractivity contribution < 1.29 is 4.74 Å². The van der Waals surface area contributed by atoms with E-state index in [0.29, 0.717) is 11.8 Å². The minimum atomic E-state index is 0.0630. The number of rotatable bonds is 1. The summed E-state index contributed by atoms with van der Waals surface area (Å²) in [5, 5.41) is 0. The summed E-state index contributed by atoms with van der Waals surface area (Å²) in [5.74, 6) is 1.18. The van der Waals surface area contributed by atoms with Crippen molar-refractivity contribution >= 4 is 0 Å². The lowest BCUT2D eigenvalue weighted by atomic mass is 9.67. The highest BCUT2D eigenvalue weighted by atomic mass is 16.5. The molecule has 1 aliphatic carbocycles. The molecule has 1 nitrogen and oxygen atoms in total. The summed E-state index contributed by atoms with van der Waals surface area (Å²) in [6.07, 6.45) is 9.32. The Morgan fingerprint density at radius 3 is 2.82 bits per heavy atom. The predicted octanol–water partition coefficient (Wildman–Crippen LogP) is 4.26. The van der Waals surface area contributed by atoms with Gasteiger partial charge in [0.1, 0.15) is 5.60 Å². The summed E-state index contributed by atoms with van der Waals surface area (Å²) >= 11 is 0. The fraction of sp³-hybridized carbons (Fsp3) is 0.500. The van der Waals surface area contributed by atoms with Gasteiger partial charge in [-0.3, -0.25) is 0 Å². The van der Waals surface area contributed by atoms with E-state index in [0.717, 1.165) is 0 Å². The van der Waals surface area contributed by atoms with Crippen LogP contribution in [0.4, 0.5) is 0 Å². The van der Waals surface area contributed by atoms with E-state index in [2.05, 4.69) is 43.3 Å². The van der Waals surface area contributed by atoms with Gasteiger partial charge in [0.25, 0.3) is 0 Å². The highest BCUT2D eigenvalue weighted by Crippen LogP contribution is 2.47. The third-order valence-corrected chi connectivity index (χ3v) is 4.46. The molecular weight excluding hydrogens is 208 g/mol. The lowest BCUT2D eigenvalue weighted by Gasteiger charge is -2.46. The number of allylic oxidation sites excluding steroid dienone is 1. The van der Waals surface area contributed by atoms with Crippen molar-refractivity contribution in [2.24, 2.45) is 5.92 Å². The monoisotopic (exact) mass is 228 g/mol. The number of hydrogen-bond acceptors (Lipinski definition) is 1. The van der Waals surface area contributed by atoms with Crippen LogP contribution in [-0.4, -0.2) is 5.60 Å². The SMILES string of the molecule is C[C@@]12CCCC[C@H]1[C@H](c1ccccc1)C=CO2. The zero-order valence-corrected chi connectivity index (χ0v) is 10.4. The van der Waals surface area contributed by atoms with E-state index in [1.165, 1.54) is 31.2 Å².